The van der Waals surface area contributed by atoms with E-state index < -0.39 is 14.8 Å². The molecule has 1 N–H and O–H groups in total. The average Bonchev–Trinajstić information content (AvgIpc) is 2.84. The van der Waals surface area contributed by atoms with Crippen LogP contribution in [-0.4, -0.2) is 24.6 Å². The van der Waals surface area contributed by atoms with Crippen LogP contribution in [0.25, 0.3) is 0 Å². The van der Waals surface area contributed by atoms with E-state index in [9.17, 15) is 18.5 Å². The van der Waals surface area contributed by atoms with Crippen molar-refractivity contribution >= 4 is 32.5 Å². The van der Waals surface area contributed by atoms with Crippen LogP contribution in [0.3, 0.4) is 0 Å². The van der Waals surface area contributed by atoms with E-state index in [1.54, 1.807) is 6.20 Å². The maximum atomic E-state index is 11.5. The Morgan fingerprint density at radius 2 is 2.09 bits per heavy atom. The van der Waals surface area contributed by atoms with Gasteiger partial charge in [-0.15, -0.1) is 11.3 Å². The van der Waals surface area contributed by atoms with E-state index in [-0.39, 0.29) is 22.3 Å². The van der Waals surface area contributed by atoms with Gasteiger partial charge in [0.05, 0.1) is 15.9 Å². The van der Waals surface area contributed by atoms with Crippen molar-refractivity contribution in [2.75, 3.05) is 11.6 Å². The molecule has 1 heterocycles. The molecule has 118 valence electrons. The largest absolute Gasteiger partial charge is 0.371 e. The third-order valence-corrected chi connectivity index (χ3v) is 5.18. The summed E-state index contributed by atoms with van der Waals surface area (Å²) in [5.74, 6) is 0. The molecule has 0 fully saturated rings. The van der Waals surface area contributed by atoms with E-state index in [1.165, 1.54) is 23.5 Å². The molecule has 2 aromatic rings. The van der Waals surface area contributed by atoms with Crippen molar-refractivity contribution in [3.8, 4) is 0 Å². The fraction of sp³-hybridized carbons (Fsp3) is 0.308. The number of nitrogens with zero attached hydrogens (tertiary/aromatic N) is 2. The Hall–Kier alpha value is -2.00. The summed E-state index contributed by atoms with van der Waals surface area (Å²) < 4.78 is 23.0. The van der Waals surface area contributed by atoms with E-state index in [0.29, 0.717) is 0 Å². The predicted molar refractivity (Wildman–Crippen MR) is 85.1 cm³/mol. The van der Waals surface area contributed by atoms with Crippen LogP contribution in [-0.2, 0) is 9.84 Å². The van der Waals surface area contributed by atoms with Gasteiger partial charge in [-0.2, -0.15) is 0 Å². The predicted octanol–water partition coefficient (Wildman–Crippen LogP) is 2.94. The highest BCUT2D eigenvalue weighted by Crippen LogP contribution is 2.31. The first-order chi connectivity index (χ1) is 10.2. The topological polar surface area (TPSA) is 102 Å². The minimum atomic E-state index is -3.50. The summed E-state index contributed by atoms with van der Waals surface area (Å²) in [6.45, 7) is 3.77. The molecule has 0 aliphatic rings. The molecule has 0 amide bonds. The summed E-state index contributed by atoms with van der Waals surface area (Å²) in [5, 5.41) is 15.0. The standard InChI is InChI=1S/C13H15N3O4S2/c1-8-7-14-13(21-8)9(2)15-11-5-4-10(22(3,19)20)6-12(11)16(17)18/h4-7,9,15H,1-3H3. The Labute approximate surface area is 132 Å². The Kier molecular flexibility index (Phi) is 4.47. The molecule has 9 heteroatoms. The number of nitro benzene ring substituents is 1. The Balaban J connectivity index is 2.36. The maximum Gasteiger partial charge on any atom is 0.293 e. The van der Waals surface area contributed by atoms with Crippen LogP contribution in [0.2, 0.25) is 0 Å². The van der Waals surface area contributed by atoms with Gasteiger partial charge >= 0.3 is 0 Å². The van der Waals surface area contributed by atoms with Crippen LogP contribution >= 0.6 is 11.3 Å². The SMILES string of the molecule is Cc1cnc(C(C)Nc2ccc(S(C)(=O)=O)cc2[N+](=O)[O-])s1. The van der Waals surface area contributed by atoms with Crippen molar-refractivity contribution in [3.63, 3.8) is 0 Å². The number of anilines is 1. The second kappa shape index (κ2) is 6.01. The molecule has 1 aromatic carbocycles. The summed E-state index contributed by atoms with van der Waals surface area (Å²) >= 11 is 1.50. The molecule has 0 spiro atoms. The van der Waals surface area contributed by atoms with Crippen LogP contribution < -0.4 is 5.32 Å². The zero-order valence-corrected chi connectivity index (χ0v) is 13.9. The van der Waals surface area contributed by atoms with Crippen molar-refractivity contribution in [1.82, 2.24) is 4.98 Å². The smallest absolute Gasteiger partial charge is 0.293 e. The molecule has 0 aliphatic carbocycles. The van der Waals surface area contributed by atoms with Gasteiger partial charge in [-0.05, 0) is 26.0 Å². The van der Waals surface area contributed by atoms with Gasteiger partial charge in [-0.25, -0.2) is 13.4 Å². The molecule has 0 saturated carbocycles. The lowest BCUT2D eigenvalue weighted by molar-refractivity contribution is -0.384. The second-order valence-electron chi connectivity index (χ2n) is 4.88. The van der Waals surface area contributed by atoms with Gasteiger partial charge in [-0.3, -0.25) is 10.1 Å². The fourth-order valence-corrected chi connectivity index (χ4v) is 3.30. The highest BCUT2D eigenvalue weighted by atomic mass is 32.2. The van der Waals surface area contributed by atoms with Crippen molar-refractivity contribution in [1.29, 1.82) is 0 Å². The van der Waals surface area contributed by atoms with Gasteiger partial charge in [0.1, 0.15) is 10.7 Å². The molecule has 1 unspecified atom stereocenters. The quantitative estimate of drug-likeness (QED) is 0.662. The van der Waals surface area contributed by atoms with E-state index in [4.69, 9.17) is 0 Å². The van der Waals surface area contributed by atoms with Gasteiger partial charge < -0.3 is 5.32 Å². The van der Waals surface area contributed by atoms with Crippen molar-refractivity contribution in [2.24, 2.45) is 0 Å². The van der Waals surface area contributed by atoms with Gasteiger partial charge in [-0.1, -0.05) is 0 Å². The number of hydrogen-bond donors (Lipinski definition) is 1. The Morgan fingerprint density at radius 3 is 2.59 bits per heavy atom. The summed E-state index contributed by atoms with van der Waals surface area (Å²) in [5.41, 5.74) is -0.0131. The second-order valence-corrected chi connectivity index (χ2v) is 8.17. The van der Waals surface area contributed by atoms with E-state index in [0.717, 1.165) is 22.2 Å². The maximum absolute atomic E-state index is 11.5. The minimum absolute atomic E-state index is 0.0810. The Bertz CT molecular complexity index is 814. The molecule has 22 heavy (non-hydrogen) atoms. The number of thiazole rings is 1. The number of hydrogen-bond acceptors (Lipinski definition) is 7. The van der Waals surface area contributed by atoms with Crippen LogP contribution in [0.5, 0.6) is 0 Å². The fourth-order valence-electron chi connectivity index (χ4n) is 1.88. The normalized spacial score (nSPS) is 12.9. The van der Waals surface area contributed by atoms with Crippen molar-refractivity contribution < 1.29 is 13.3 Å². The lowest BCUT2D eigenvalue weighted by Gasteiger charge is -2.13. The van der Waals surface area contributed by atoms with Gasteiger partial charge in [0.15, 0.2) is 9.84 Å². The van der Waals surface area contributed by atoms with Crippen molar-refractivity contribution in [2.45, 2.75) is 24.8 Å². The van der Waals surface area contributed by atoms with Gasteiger partial charge in [0.2, 0.25) is 0 Å². The lowest BCUT2D eigenvalue weighted by atomic mass is 10.2. The van der Waals surface area contributed by atoms with E-state index in [1.807, 2.05) is 13.8 Å². The first kappa shape index (κ1) is 16.4. The first-order valence-corrected chi connectivity index (χ1v) is 9.06. The zero-order valence-electron chi connectivity index (χ0n) is 12.2. The third-order valence-electron chi connectivity index (χ3n) is 2.98. The number of nitrogens with one attached hydrogen (secondary N) is 1. The molecule has 2 rings (SSSR count). The van der Waals surface area contributed by atoms with E-state index in [2.05, 4.69) is 10.3 Å². The number of sulfone groups is 1. The molecular weight excluding hydrogens is 326 g/mol. The molecule has 1 aromatic heterocycles. The van der Waals surface area contributed by atoms with Crippen LogP contribution in [0.15, 0.2) is 29.3 Å². The monoisotopic (exact) mass is 341 g/mol. The number of aryl methyl sites for hydroxylation is 1. The minimum Gasteiger partial charge on any atom is -0.371 e. The number of rotatable bonds is 5. The van der Waals surface area contributed by atoms with Gasteiger partial charge in [0, 0.05) is 23.4 Å². The molecule has 0 radical (unpaired) electrons. The first-order valence-electron chi connectivity index (χ1n) is 6.36. The summed E-state index contributed by atoms with van der Waals surface area (Å²) in [7, 11) is -3.50. The highest BCUT2D eigenvalue weighted by molar-refractivity contribution is 7.90. The molecular formula is C13H15N3O4S2. The van der Waals surface area contributed by atoms with Gasteiger partial charge in [0.25, 0.3) is 5.69 Å². The number of aromatic nitrogens is 1. The average molecular weight is 341 g/mol. The molecule has 0 aliphatic heterocycles. The third kappa shape index (κ3) is 3.60. The number of benzene rings is 1. The van der Waals surface area contributed by atoms with Crippen LogP contribution in [0.4, 0.5) is 11.4 Å². The molecule has 0 saturated heterocycles. The molecule has 0 bridgehead atoms. The highest BCUT2D eigenvalue weighted by Gasteiger charge is 2.20. The molecule has 1 atom stereocenters. The van der Waals surface area contributed by atoms with E-state index >= 15 is 0 Å². The van der Waals surface area contributed by atoms with Crippen LogP contribution in [0, 0.1) is 17.0 Å². The molecule has 7 nitrogen and oxygen atoms in total. The van der Waals surface area contributed by atoms with Crippen LogP contribution in [0.1, 0.15) is 22.9 Å². The lowest BCUT2D eigenvalue weighted by Crippen LogP contribution is -2.09. The summed E-state index contributed by atoms with van der Waals surface area (Å²) in [6, 6.07) is 3.61. The summed E-state index contributed by atoms with van der Waals surface area (Å²) in [6.07, 6.45) is 2.75. The summed E-state index contributed by atoms with van der Waals surface area (Å²) in [4.78, 5) is 15.8. The van der Waals surface area contributed by atoms with Crippen molar-refractivity contribution in [3.05, 3.63) is 44.4 Å². The Morgan fingerprint density at radius 1 is 1.41 bits per heavy atom. The number of nitro groups is 1. The zero-order chi connectivity index (χ0) is 16.5.